The molecule has 0 saturated carbocycles. The fraction of sp³-hybridized carbons (Fsp3) is 0.545. The number of hydrogen-bond acceptors (Lipinski definition) is 3. The molecule has 0 aliphatic heterocycles. The highest BCUT2D eigenvalue weighted by molar-refractivity contribution is 14.0. The lowest BCUT2D eigenvalue weighted by molar-refractivity contribution is 0.345. The number of halogens is 1. The number of hydrogen-bond donors (Lipinski definition) is 3. The van der Waals surface area contributed by atoms with Crippen molar-refractivity contribution >= 4 is 29.9 Å². The zero-order chi connectivity index (χ0) is 20.7. The standard InChI is InChI=1S/C22H36N6.HI/c1-8-23-21(24-14-20-17(3)27-28(7)18(20)4)25-15-22(5,6)26-16(2)19-12-10-9-11-13-19;/h9-13,16,26H,8,14-15H2,1-7H3,(H2,23,24,25);1H. The first-order chi connectivity index (χ1) is 13.2. The molecule has 0 amide bonds. The summed E-state index contributed by atoms with van der Waals surface area (Å²) >= 11 is 0. The van der Waals surface area contributed by atoms with Crippen molar-refractivity contribution < 1.29 is 0 Å². The number of nitrogens with zero attached hydrogens (tertiary/aromatic N) is 3. The van der Waals surface area contributed by atoms with Gasteiger partial charge in [-0.05, 0) is 47.1 Å². The highest BCUT2D eigenvalue weighted by Gasteiger charge is 2.21. The average molecular weight is 512 g/mol. The van der Waals surface area contributed by atoms with Crippen molar-refractivity contribution in [2.75, 3.05) is 13.1 Å². The first-order valence-electron chi connectivity index (χ1n) is 10.1. The molecule has 1 atom stereocenters. The van der Waals surface area contributed by atoms with E-state index >= 15 is 0 Å². The summed E-state index contributed by atoms with van der Waals surface area (Å²) < 4.78 is 1.92. The topological polar surface area (TPSA) is 66.3 Å². The Morgan fingerprint density at radius 2 is 1.83 bits per heavy atom. The van der Waals surface area contributed by atoms with E-state index in [0.717, 1.165) is 30.4 Å². The van der Waals surface area contributed by atoms with Gasteiger partial charge in [0.15, 0.2) is 5.96 Å². The van der Waals surface area contributed by atoms with Crippen LogP contribution in [0, 0.1) is 13.8 Å². The van der Waals surface area contributed by atoms with Crippen LogP contribution in [0.4, 0.5) is 0 Å². The van der Waals surface area contributed by atoms with Gasteiger partial charge in [0.25, 0.3) is 0 Å². The number of benzene rings is 1. The van der Waals surface area contributed by atoms with Crippen molar-refractivity contribution in [3.8, 4) is 0 Å². The van der Waals surface area contributed by atoms with Gasteiger partial charge in [-0.1, -0.05) is 30.3 Å². The molecular weight excluding hydrogens is 475 g/mol. The van der Waals surface area contributed by atoms with Crippen LogP contribution in [0.5, 0.6) is 0 Å². The normalized spacial score (nSPS) is 13.0. The van der Waals surface area contributed by atoms with Crippen molar-refractivity contribution in [3.05, 3.63) is 52.8 Å². The molecule has 7 heteroatoms. The molecule has 2 aromatic rings. The Morgan fingerprint density at radius 1 is 1.17 bits per heavy atom. The minimum Gasteiger partial charge on any atom is -0.357 e. The molecule has 1 aromatic carbocycles. The van der Waals surface area contributed by atoms with E-state index in [0.29, 0.717) is 6.54 Å². The molecule has 0 bridgehead atoms. The molecule has 162 valence electrons. The molecule has 29 heavy (non-hydrogen) atoms. The molecule has 2 rings (SSSR count). The van der Waals surface area contributed by atoms with Crippen LogP contribution in [-0.2, 0) is 13.6 Å². The maximum absolute atomic E-state index is 4.77. The van der Waals surface area contributed by atoms with Crippen LogP contribution in [-0.4, -0.2) is 34.4 Å². The Labute approximate surface area is 193 Å². The monoisotopic (exact) mass is 512 g/mol. The lowest BCUT2D eigenvalue weighted by Crippen LogP contribution is -2.52. The average Bonchev–Trinajstić information content (AvgIpc) is 2.90. The van der Waals surface area contributed by atoms with Gasteiger partial charge in [-0.3, -0.25) is 4.68 Å². The highest BCUT2D eigenvalue weighted by atomic mass is 127. The first-order valence-corrected chi connectivity index (χ1v) is 10.1. The molecular formula is C22H37IN6. The summed E-state index contributed by atoms with van der Waals surface area (Å²) in [6, 6.07) is 10.8. The molecule has 0 radical (unpaired) electrons. The van der Waals surface area contributed by atoms with E-state index in [-0.39, 0.29) is 35.6 Å². The van der Waals surface area contributed by atoms with E-state index in [9.17, 15) is 0 Å². The first kappa shape index (κ1) is 25.4. The number of guanidine groups is 1. The molecule has 0 spiro atoms. The van der Waals surface area contributed by atoms with Crippen LogP contribution in [0.1, 0.15) is 56.3 Å². The second kappa shape index (κ2) is 11.5. The maximum Gasteiger partial charge on any atom is 0.191 e. The predicted molar refractivity (Wildman–Crippen MR) is 133 cm³/mol. The van der Waals surface area contributed by atoms with E-state index in [1.54, 1.807) is 0 Å². The van der Waals surface area contributed by atoms with Crippen molar-refractivity contribution in [1.82, 2.24) is 25.7 Å². The summed E-state index contributed by atoms with van der Waals surface area (Å²) in [5, 5.41) is 15.0. The highest BCUT2D eigenvalue weighted by Crippen LogP contribution is 2.16. The molecule has 3 N–H and O–H groups in total. The van der Waals surface area contributed by atoms with Gasteiger partial charge in [-0.2, -0.15) is 5.10 Å². The lowest BCUT2D eigenvalue weighted by atomic mass is 10.0. The van der Waals surface area contributed by atoms with Crippen molar-refractivity contribution in [1.29, 1.82) is 0 Å². The fourth-order valence-electron chi connectivity index (χ4n) is 3.31. The molecule has 6 nitrogen and oxygen atoms in total. The van der Waals surface area contributed by atoms with Crippen LogP contribution in [0.15, 0.2) is 35.3 Å². The fourth-order valence-corrected chi connectivity index (χ4v) is 3.31. The molecule has 1 heterocycles. The zero-order valence-corrected chi connectivity index (χ0v) is 21.2. The Balaban J connectivity index is 0.00000420. The van der Waals surface area contributed by atoms with Crippen LogP contribution in [0.2, 0.25) is 0 Å². The van der Waals surface area contributed by atoms with Crippen LogP contribution in [0.25, 0.3) is 0 Å². The quantitative estimate of drug-likeness (QED) is 0.286. The van der Waals surface area contributed by atoms with Gasteiger partial charge < -0.3 is 16.0 Å². The Morgan fingerprint density at radius 3 is 2.38 bits per heavy atom. The van der Waals surface area contributed by atoms with Crippen LogP contribution in [0.3, 0.4) is 0 Å². The van der Waals surface area contributed by atoms with E-state index < -0.39 is 0 Å². The van der Waals surface area contributed by atoms with E-state index in [2.05, 4.69) is 79.9 Å². The third-order valence-electron chi connectivity index (χ3n) is 5.00. The number of aliphatic imine (C=N–C) groups is 1. The van der Waals surface area contributed by atoms with E-state index in [1.807, 2.05) is 24.7 Å². The molecule has 0 saturated heterocycles. The predicted octanol–water partition coefficient (Wildman–Crippen LogP) is 3.84. The lowest BCUT2D eigenvalue weighted by Gasteiger charge is -2.31. The molecule has 1 aromatic heterocycles. The number of rotatable bonds is 8. The summed E-state index contributed by atoms with van der Waals surface area (Å²) in [6.07, 6.45) is 0. The summed E-state index contributed by atoms with van der Waals surface area (Å²) in [4.78, 5) is 4.77. The van der Waals surface area contributed by atoms with Gasteiger partial charge in [0.1, 0.15) is 0 Å². The van der Waals surface area contributed by atoms with Gasteiger partial charge >= 0.3 is 0 Å². The third-order valence-corrected chi connectivity index (χ3v) is 5.00. The maximum atomic E-state index is 4.77. The number of nitrogens with one attached hydrogen (secondary N) is 3. The number of aryl methyl sites for hydroxylation is 2. The number of aromatic nitrogens is 2. The SMILES string of the molecule is CCNC(=NCc1c(C)nn(C)c1C)NCC(C)(C)NC(C)c1ccccc1.I. The second-order valence-corrected chi connectivity index (χ2v) is 7.98. The van der Waals surface area contributed by atoms with Crippen LogP contribution >= 0.6 is 24.0 Å². The third kappa shape index (κ3) is 7.62. The summed E-state index contributed by atoms with van der Waals surface area (Å²) in [5.74, 6) is 0.826. The smallest absolute Gasteiger partial charge is 0.191 e. The summed E-state index contributed by atoms with van der Waals surface area (Å²) in [7, 11) is 1.97. The summed E-state index contributed by atoms with van der Waals surface area (Å²) in [5.41, 5.74) is 4.59. The minimum atomic E-state index is -0.0917. The Kier molecular flexibility index (Phi) is 10.1. The van der Waals surface area contributed by atoms with Gasteiger partial charge in [0.2, 0.25) is 0 Å². The molecule has 1 unspecified atom stereocenters. The summed E-state index contributed by atoms with van der Waals surface area (Å²) in [6.45, 7) is 15.0. The van der Waals surface area contributed by atoms with Crippen molar-refractivity contribution in [2.45, 2.75) is 59.7 Å². The van der Waals surface area contributed by atoms with Crippen LogP contribution < -0.4 is 16.0 Å². The van der Waals surface area contributed by atoms with Gasteiger partial charge in [0, 0.05) is 43.0 Å². The minimum absolute atomic E-state index is 0. The largest absolute Gasteiger partial charge is 0.357 e. The van der Waals surface area contributed by atoms with Crippen molar-refractivity contribution in [2.24, 2.45) is 12.0 Å². The van der Waals surface area contributed by atoms with E-state index in [4.69, 9.17) is 4.99 Å². The van der Waals surface area contributed by atoms with Gasteiger partial charge in [0.05, 0.1) is 12.2 Å². The Hall–Kier alpha value is -1.61. The molecule has 0 aliphatic carbocycles. The molecule has 0 aliphatic rings. The van der Waals surface area contributed by atoms with Gasteiger partial charge in [-0.25, -0.2) is 4.99 Å². The second-order valence-electron chi connectivity index (χ2n) is 7.98. The Bertz CT molecular complexity index is 782. The van der Waals surface area contributed by atoms with Crippen molar-refractivity contribution in [3.63, 3.8) is 0 Å². The zero-order valence-electron chi connectivity index (χ0n) is 18.8. The molecule has 0 fully saturated rings. The van der Waals surface area contributed by atoms with Gasteiger partial charge in [-0.15, -0.1) is 24.0 Å². The van der Waals surface area contributed by atoms with E-state index in [1.165, 1.54) is 11.1 Å².